The molecule has 26 heavy (non-hydrogen) atoms. The Morgan fingerprint density at radius 3 is 2.58 bits per heavy atom. The predicted octanol–water partition coefficient (Wildman–Crippen LogP) is 5.89. The number of hydrogen-bond acceptors (Lipinski definition) is 5. The second kappa shape index (κ2) is 6.58. The van der Waals surface area contributed by atoms with Crippen LogP contribution in [0.25, 0.3) is 10.2 Å². The van der Waals surface area contributed by atoms with Crippen LogP contribution in [0.4, 0.5) is 0 Å². The lowest BCUT2D eigenvalue weighted by molar-refractivity contribution is -0.182. The van der Waals surface area contributed by atoms with Crippen LogP contribution in [0.5, 0.6) is 0 Å². The third-order valence-electron chi connectivity index (χ3n) is 5.52. The maximum Gasteiger partial charge on any atom is 0.303 e. The summed E-state index contributed by atoms with van der Waals surface area (Å²) in [6.07, 6.45) is 1.51. The lowest BCUT2D eigenvalue weighted by Crippen LogP contribution is -2.54. The van der Waals surface area contributed by atoms with E-state index in [2.05, 4.69) is 44.9 Å². The van der Waals surface area contributed by atoms with Crippen molar-refractivity contribution in [3.8, 4) is 0 Å². The van der Waals surface area contributed by atoms with Crippen molar-refractivity contribution in [2.75, 3.05) is 0 Å². The fourth-order valence-electron chi connectivity index (χ4n) is 3.08. The minimum absolute atomic E-state index is 0.122. The van der Waals surface area contributed by atoms with Crippen molar-refractivity contribution in [1.29, 1.82) is 0 Å². The predicted molar refractivity (Wildman–Crippen MR) is 109 cm³/mol. The smallest absolute Gasteiger partial charge is 0.303 e. The van der Waals surface area contributed by atoms with Crippen LogP contribution in [0, 0.1) is 0 Å². The van der Waals surface area contributed by atoms with Gasteiger partial charge in [-0.15, -0.1) is 11.3 Å². The van der Waals surface area contributed by atoms with E-state index in [0.29, 0.717) is 18.0 Å². The van der Waals surface area contributed by atoms with Crippen molar-refractivity contribution in [1.82, 2.24) is 4.98 Å². The number of hydrogen-bond donors (Lipinski definition) is 0. The van der Waals surface area contributed by atoms with Crippen LogP contribution in [0.3, 0.4) is 0 Å². The van der Waals surface area contributed by atoms with Gasteiger partial charge in [-0.05, 0) is 36.3 Å². The molecule has 1 aliphatic carbocycles. The zero-order chi connectivity index (χ0) is 19.3. The minimum Gasteiger partial charge on any atom is -0.453 e. The van der Waals surface area contributed by atoms with Gasteiger partial charge in [-0.1, -0.05) is 32.4 Å². The topological polar surface area (TPSA) is 48.4 Å². The number of carbonyl (C=O) groups is 1. The molecule has 0 saturated heterocycles. The number of carbonyl (C=O) groups excluding carboxylic acids is 1. The molecule has 4 nitrogen and oxygen atoms in total. The summed E-state index contributed by atoms with van der Waals surface area (Å²) in [5.74, 6) is -0.265. The first-order chi connectivity index (χ1) is 11.9. The van der Waals surface area contributed by atoms with Crippen LogP contribution in [-0.4, -0.2) is 25.4 Å². The fraction of sp³-hybridized carbons (Fsp3) is 0.579. The number of pyridine rings is 1. The quantitative estimate of drug-likeness (QED) is 0.357. The molecule has 0 bridgehead atoms. The van der Waals surface area contributed by atoms with Crippen LogP contribution in [0.2, 0.25) is 23.3 Å². The maximum absolute atomic E-state index is 11.8. The van der Waals surface area contributed by atoms with E-state index in [1.54, 1.807) is 17.4 Å². The van der Waals surface area contributed by atoms with Gasteiger partial charge in [0.1, 0.15) is 9.98 Å². The fourth-order valence-corrected chi connectivity index (χ4v) is 5.81. The highest BCUT2D eigenvalue weighted by Crippen LogP contribution is 2.52. The van der Waals surface area contributed by atoms with E-state index in [-0.39, 0.29) is 17.1 Å². The van der Waals surface area contributed by atoms with Crippen LogP contribution >= 0.6 is 22.9 Å². The van der Waals surface area contributed by atoms with Crippen LogP contribution in [-0.2, 0) is 19.6 Å². The molecule has 0 N–H and O–H groups in total. The van der Waals surface area contributed by atoms with Gasteiger partial charge in [0.05, 0.1) is 11.0 Å². The summed E-state index contributed by atoms with van der Waals surface area (Å²) in [4.78, 5) is 18.0. The summed E-state index contributed by atoms with van der Waals surface area (Å²) < 4.78 is 12.3. The Balaban J connectivity index is 1.84. The van der Waals surface area contributed by atoms with Gasteiger partial charge < -0.3 is 9.16 Å². The molecule has 7 heteroatoms. The summed E-state index contributed by atoms with van der Waals surface area (Å²) in [5.41, 5.74) is -0.600. The van der Waals surface area contributed by atoms with Gasteiger partial charge in [0.15, 0.2) is 13.9 Å². The number of nitrogens with zero attached hydrogens (tertiary/aromatic N) is 1. The van der Waals surface area contributed by atoms with Gasteiger partial charge >= 0.3 is 5.97 Å². The van der Waals surface area contributed by atoms with Crippen LogP contribution in [0.1, 0.15) is 45.4 Å². The molecule has 2 aromatic rings. The average molecular weight is 412 g/mol. The largest absolute Gasteiger partial charge is 0.453 e. The number of aromatic nitrogens is 1. The van der Waals surface area contributed by atoms with Crippen molar-refractivity contribution in [2.24, 2.45) is 0 Å². The molecule has 2 heterocycles. The number of esters is 1. The molecule has 1 aliphatic rings. The molecule has 0 atom stereocenters. The molecule has 0 amide bonds. The second-order valence-electron chi connectivity index (χ2n) is 8.64. The van der Waals surface area contributed by atoms with Crippen LogP contribution < -0.4 is 0 Å². The highest BCUT2D eigenvalue weighted by atomic mass is 35.5. The Kier molecular flexibility index (Phi) is 5.01. The Morgan fingerprint density at radius 2 is 2.00 bits per heavy atom. The van der Waals surface area contributed by atoms with Gasteiger partial charge in [-0.25, -0.2) is 4.98 Å². The molecular formula is C19H26ClNO3SSi. The summed E-state index contributed by atoms with van der Waals surface area (Å²) in [5, 5.41) is 1.65. The monoisotopic (exact) mass is 411 g/mol. The molecule has 2 aromatic heterocycles. The van der Waals surface area contributed by atoms with Crippen molar-refractivity contribution >= 4 is 47.4 Å². The SMILES string of the molecule is CC(=O)OC1(c2cc3ccc(Cl)nc3s2)CC(O[Si](C)(C)C(C)(C)C)C1. The van der Waals surface area contributed by atoms with E-state index in [9.17, 15) is 4.79 Å². The van der Waals surface area contributed by atoms with E-state index in [0.717, 1.165) is 15.1 Å². The summed E-state index contributed by atoms with van der Waals surface area (Å²) in [6.45, 7) is 12.7. The third kappa shape index (κ3) is 3.70. The third-order valence-corrected chi connectivity index (χ3v) is 11.5. The first-order valence-corrected chi connectivity index (χ1v) is 13.0. The van der Waals surface area contributed by atoms with Crippen molar-refractivity contribution in [3.63, 3.8) is 0 Å². The molecule has 0 aliphatic heterocycles. The highest BCUT2D eigenvalue weighted by molar-refractivity contribution is 7.18. The molecule has 0 unspecified atom stereocenters. The number of fused-ring (bicyclic) bond motifs is 1. The van der Waals surface area contributed by atoms with Crippen LogP contribution in [0.15, 0.2) is 18.2 Å². The van der Waals surface area contributed by atoms with E-state index >= 15 is 0 Å². The highest BCUT2D eigenvalue weighted by Gasteiger charge is 2.53. The van der Waals surface area contributed by atoms with Gasteiger partial charge in [0, 0.05) is 25.2 Å². The standard InChI is InChI=1S/C19H26ClNO3SSi/c1-12(22)23-19(10-14(11-19)24-26(5,6)18(2,3)4)15-9-13-7-8-16(20)21-17(13)25-15/h7-9,14H,10-11H2,1-6H3. The molecule has 1 saturated carbocycles. The van der Waals surface area contributed by atoms with E-state index in [1.807, 2.05) is 6.07 Å². The number of rotatable bonds is 4. The van der Waals surface area contributed by atoms with E-state index < -0.39 is 13.9 Å². The Morgan fingerprint density at radius 1 is 1.35 bits per heavy atom. The lowest BCUT2D eigenvalue weighted by atomic mass is 9.76. The van der Waals surface area contributed by atoms with Gasteiger partial charge in [-0.2, -0.15) is 0 Å². The number of thiophene rings is 1. The van der Waals surface area contributed by atoms with Gasteiger partial charge in [0.25, 0.3) is 0 Å². The molecule has 3 rings (SSSR count). The summed E-state index contributed by atoms with van der Waals surface area (Å²) >= 11 is 7.55. The lowest BCUT2D eigenvalue weighted by Gasteiger charge is -2.50. The first kappa shape index (κ1) is 19.8. The van der Waals surface area contributed by atoms with Gasteiger partial charge in [-0.3, -0.25) is 4.79 Å². The summed E-state index contributed by atoms with van der Waals surface area (Å²) in [7, 11) is -1.85. The Bertz CT molecular complexity index is 837. The van der Waals surface area contributed by atoms with E-state index in [1.165, 1.54) is 6.92 Å². The molecule has 1 fully saturated rings. The average Bonchev–Trinajstić information content (AvgIpc) is 2.85. The van der Waals surface area contributed by atoms with Crippen molar-refractivity contribution in [3.05, 3.63) is 28.2 Å². The molecule has 142 valence electrons. The minimum atomic E-state index is -1.85. The molecule has 0 radical (unpaired) electrons. The molecule has 0 spiro atoms. The molecular weight excluding hydrogens is 386 g/mol. The summed E-state index contributed by atoms with van der Waals surface area (Å²) in [6, 6.07) is 5.80. The Labute approximate surface area is 165 Å². The van der Waals surface area contributed by atoms with Gasteiger partial charge in [0.2, 0.25) is 0 Å². The first-order valence-electron chi connectivity index (χ1n) is 8.86. The Hall–Kier alpha value is -0.953. The maximum atomic E-state index is 11.8. The van der Waals surface area contributed by atoms with Crippen molar-refractivity contribution < 1.29 is 14.0 Å². The zero-order valence-corrected chi connectivity index (χ0v) is 18.8. The second-order valence-corrected chi connectivity index (χ2v) is 14.8. The normalized spacial score (nSPS) is 23.7. The van der Waals surface area contributed by atoms with E-state index in [4.69, 9.17) is 20.8 Å². The zero-order valence-electron chi connectivity index (χ0n) is 16.2. The number of halogens is 1. The number of ether oxygens (including phenoxy) is 1. The molecule has 0 aromatic carbocycles. The van der Waals surface area contributed by atoms with Crippen molar-refractivity contribution in [2.45, 2.75) is 70.4 Å².